The SMILES string of the molecule is COc1ccc(NC2CCC(C(F)(F)F)CC2)c(OC)c1. The smallest absolute Gasteiger partial charge is 0.391 e. The summed E-state index contributed by atoms with van der Waals surface area (Å²) in [6.45, 7) is 0. The molecule has 3 nitrogen and oxygen atoms in total. The Morgan fingerprint density at radius 1 is 1.05 bits per heavy atom. The van der Waals surface area contributed by atoms with Crippen LogP contribution >= 0.6 is 0 Å². The molecule has 1 N–H and O–H groups in total. The second-order valence-corrected chi connectivity index (χ2v) is 5.30. The molecule has 0 bridgehead atoms. The molecule has 1 aromatic rings. The van der Waals surface area contributed by atoms with Crippen molar-refractivity contribution in [1.82, 2.24) is 0 Å². The van der Waals surface area contributed by atoms with E-state index in [1.54, 1.807) is 26.4 Å². The average molecular weight is 303 g/mol. The van der Waals surface area contributed by atoms with E-state index in [0.29, 0.717) is 24.3 Å². The minimum Gasteiger partial charge on any atom is -0.497 e. The Morgan fingerprint density at radius 2 is 1.71 bits per heavy atom. The third-order valence-corrected chi connectivity index (χ3v) is 3.96. The van der Waals surface area contributed by atoms with E-state index in [1.807, 2.05) is 6.07 Å². The van der Waals surface area contributed by atoms with Gasteiger partial charge in [-0.15, -0.1) is 0 Å². The number of halogens is 3. The molecule has 1 saturated carbocycles. The fraction of sp³-hybridized carbons (Fsp3) is 0.600. The summed E-state index contributed by atoms with van der Waals surface area (Å²) in [4.78, 5) is 0. The fourth-order valence-electron chi connectivity index (χ4n) is 2.70. The number of hydrogen-bond acceptors (Lipinski definition) is 3. The molecule has 1 fully saturated rings. The molecule has 2 rings (SSSR count). The molecule has 118 valence electrons. The van der Waals surface area contributed by atoms with Crippen molar-refractivity contribution >= 4 is 5.69 Å². The topological polar surface area (TPSA) is 30.5 Å². The van der Waals surface area contributed by atoms with Crippen molar-refractivity contribution in [1.29, 1.82) is 0 Å². The van der Waals surface area contributed by atoms with Crippen LogP contribution in [-0.4, -0.2) is 26.4 Å². The highest BCUT2D eigenvalue weighted by Crippen LogP contribution is 2.39. The number of hydrogen-bond donors (Lipinski definition) is 1. The number of rotatable bonds is 4. The van der Waals surface area contributed by atoms with Gasteiger partial charge in [-0.1, -0.05) is 0 Å². The lowest BCUT2D eigenvalue weighted by molar-refractivity contribution is -0.182. The third kappa shape index (κ3) is 3.95. The highest BCUT2D eigenvalue weighted by Gasteiger charge is 2.41. The molecule has 1 aliphatic carbocycles. The van der Waals surface area contributed by atoms with E-state index in [9.17, 15) is 13.2 Å². The minimum absolute atomic E-state index is 0.0471. The highest BCUT2D eigenvalue weighted by atomic mass is 19.4. The Morgan fingerprint density at radius 3 is 2.24 bits per heavy atom. The fourth-order valence-corrected chi connectivity index (χ4v) is 2.70. The molecule has 0 saturated heterocycles. The zero-order valence-corrected chi connectivity index (χ0v) is 12.2. The standard InChI is InChI=1S/C15H20F3NO2/c1-20-12-7-8-13(14(9-12)21-2)19-11-5-3-10(4-6-11)15(16,17)18/h7-11,19H,3-6H2,1-2H3. The first-order valence-electron chi connectivity index (χ1n) is 6.99. The molecule has 0 aliphatic heterocycles. The Balaban J connectivity index is 1.97. The number of methoxy groups -OCH3 is 2. The van der Waals surface area contributed by atoms with Gasteiger partial charge in [0.2, 0.25) is 0 Å². The van der Waals surface area contributed by atoms with Gasteiger partial charge in [-0.2, -0.15) is 13.2 Å². The summed E-state index contributed by atoms with van der Waals surface area (Å²) in [5.41, 5.74) is 0.786. The van der Waals surface area contributed by atoms with Gasteiger partial charge < -0.3 is 14.8 Å². The van der Waals surface area contributed by atoms with E-state index >= 15 is 0 Å². The molecule has 21 heavy (non-hydrogen) atoms. The number of ether oxygens (including phenoxy) is 2. The van der Waals surface area contributed by atoms with Crippen LogP contribution in [0.1, 0.15) is 25.7 Å². The maximum atomic E-state index is 12.6. The van der Waals surface area contributed by atoms with Crippen LogP contribution in [0.5, 0.6) is 11.5 Å². The first kappa shape index (κ1) is 15.8. The summed E-state index contributed by atoms with van der Waals surface area (Å²) >= 11 is 0. The van der Waals surface area contributed by atoms with Gasteiger partial charge in [0.05, 0.1) is 25.8 Å². The molecule has 0 atom stereocenters. The van der Waals surface area contributed by atoms with Crippen LogP contribution in [0.3, 0.4) is 0 Å². The molecular weight excluding hydrogens is 283 g/mol. The summed E-state index contributed by atoms with van der Waals surface area (Å²) < 4.78 is 48.3. The predicted octanol–water partition coefficient (Wildman–Crippen LogP) is 4.24. The van der Waals surface area contributed by atoms with Gasteiger partial charge in [-0.3, -0.25) is 0 Å². The van der Waals surface area contributed by atoms with Gasteiger partial charge in [0.1, 0.15) is 11.5 Å². The molecule has 1 aliphatic rings. The predicted molar refractivity (Wildman–Crippen MR) is 75.0 cm³/mol. The Bertz CT molecular complexity index is 468. The monoisotopic (exact) mass is 303 g/mol. The normalized spacial score (nSPS) is 22.7. The second-order valence-electron chi connectivity index (χ2n) is 5.30. The van der Waals surface area contributed by atoms with Crippen LogP contribution in [0.15, 0.2) is 18.2 Å². The van der Waals surface area contributed by atoms with Crippen LogP contribution in [0.2, 0.25) is 0 Å². The molecule has 6 heteroatoms. The van der Waals surface area contributed by atoms with E-state index in [4.69, 9.17) is 9.47 Å². The van der Waals surface area contributed by atoms with Gasteiger partial charge in [0.15, 0.2) is 0 Å². The van der Waals surface area contributed by atoms with Gasteiger partial charge in [0, 0.05) is 12.1 Å². The first-order chi connectivity index (χ1) is 9.94. The van der Waals surface area contributed by atoms with Crippen LogP contribution < -0.4 is 14.8 Å². The molecule has 1 aromatic carbocycles. The Hall–Kier alpha value is -1.59. The van der Waals surface area contributed by atoms with E-state index in [-0.39, 0.29) is 18.9 Å². The summed E-state index contributed by atoms with van der Waals surface area (Å²) in [6, 6.07) is 5.43. The zero-order chi connectivity index (χ0) is 15.5. The van der Waals surface area contributed by atoms with Crippen molar-refractivity contribution in [2.75, 3.05) is 19.5 Å². The number of nitrogens with one attached hydrogen (secondary N) is 1. The summed E-state index contributed by atoms with van der Waals surface area (Å²) in [7, 11) is 3.13. The van der Waals surface area contributed by atoms with Crippen molar-refractivity contribution in [3.05, 3.63) is 18.2 Å². The van der Waals surface area contributed by atoms with Crippen molar-refractivity contribution in [3.63, 3.8) is 0 Å². The first-order valence-corrected chi connectivity index (χ1v) is 6.99. The van der Waals surface area contributed by atoms with E-state index in [1.165, 1.54) is 0 Å². The van der Waals surface area contributed by atoms with Gasteiger partial charge in [0.25, 0.3) is 0 Å². The number of anilines is 1. The quantitative estimate of drug-likeness (QED) is 0.902. The van der Waals surface area contributed by atoms with Crippen molar-refractivity contribution in [2.45, 2.75) is 37.9 Å². The average Bonchev–Trinajstić information content (AvgIpc) is 2.47. The van der Waals surface area contributed by atoms with Crippen LogP contribution in [0.4, 0.5) is 18.9 Å². The largest absolute Gasteiger partial charge is 0.497 e. The van der Waals surface area contributed by atoms with E-state index < -0.39 is 12.1 Å². The summed E-state index contributed by atoms with van der Waals surface area (Å²) in [5.74, 6) is 0.152. The van der Waals surface area contributed by atoms with Gasteiger partial charge >= 0.3 is 6.18 Å². The van der Waals surface area contributed by atoms with E-state index in [0.717, 1.165) is 5.69 Å². The Labute approximate surface area is 122 Å². The maximum absolute atomic E-state index is 12.6. The lowest BCUT2D eigenvalue weighted by atomic mass is 9.85. The molecule has 0 radical (unpaired) electrons. The minimum atomic E-state index is -4.07. The number of benzene rings is 1. The van der Waals surface area contributed by atoms with E-state index in [2.05, 4.69) is 5.32 Å². The van der Waals surface area contributed by atoms with Crippen LogP contribution in [0.25, 0.3) is 0 Å². The van der Waals surface area contributed by atoms with Crippen LogP contribution in [-0.2, 0) is 0 Å². The maximum Gasteiger partial charge on any atom is 0.391 e. The lowest BCUT2D eigenvalue weighted by Gasteiger charge is -2.31. The summed E-state index contributed by atoms with van der Waals surface area (Å²) in [5, 5.41) is 3.28. The van der Waals surface area contributed by atoms with Crippen molar-refractivity contribution in [3.8, 4) is 11.5 Å². The molecular formula is C15H20F3NO2. The van der Waals surface area contributed by atoms with Crippen molar-refractivity contribution < 1.29 is 22.6 Å². The van der Waals surface area contributed by atoms with Crippen LogP contribution in [0, 0.1) is 5.92 Å². The molecule has 0 amide bonds. The number of alkyl halides is 3. The third-order valence-electron chi connectivity index (χ3n) is 3.96. The zero-order valence-electron chi connectivity index (χ0n) is 12.2. The molecule has 0 spiro atoms. The second kappa shape index (κ2) is 6.45. The van der Waals surface area contributed by atoms with Crippen molar-refractivity contribution in [2.24, 2.45) is 5.92 Å². The van der Waals surface area contributed by atoms with Gasteiger partial charge in [-0.25, -0.2) is 0 Å². The van der Waals surface area contributed by atoms with Gasteiger partial charge in [-0.05, 0) is 37.8 Å². The lowest BCUT2D eigenvalue weighted by Crippen LogP contribution is -2.32. The highest BCUT2D eigenvalue weighted by molar-refractivity contribution is 5.59. The summed E-state index contributed by atoms with van der Waals surface area (Å²) in [6.07, 6.45) is -2.68. The molecule has 0 aromatic heterocycles. The molecule has 0 unspecified atom stereocenters. The molecule has 0 heterocycles. The Kier molecular flexibility index (Phi) is 4.85.